The van der Waals surface area contributed by atoms with Gasteiger partial charge in [0.1, 0.15) is 5.70 Å². The number of Topliss-reactive ketones (excluding diaryl/α,β-unsaturated/α-hetero) is 1. The van der Waals surface area contributed by atoms with Gasteiger partial charge in [-0.25, -0.2) is 0 Å². The number of hydrogen-bond donors (Lipinski definition) is 2. The van der Waals surface area contributed by atoms with Crippen LogP contribution in [0.1, 0.15) is 33.4 Å². The van der Waals surface area contributed by atoms with Gasteiger partial charge in [-0.3, -0.25) is 14.4 Å². The van der Waals surface area contributed by atoms with Gasteiger partial charge in [-0.1, -0.05) is 42.5 Å². The fraction of sp³-hybridized carbons (Fsp3) is 0.0455. The van der Waals surface area contributed by atoms with Crippen LogP contribution in [0.4, 0.5) is 5.69 Å². The molecule has 0 bridgehead atoms. The molecule has 0 radical (unpaired) electrons. The Balaban J connectivity index is 1.86. The van der Waals surface area contributed by atoms with Gasteiger partial charge in [0, 0.05) is 11.3 Å². The number of carbonyl (C=O) groups is 3. The lowest BCUT2D eigenvalue weighted by Crippen LogP contribution is -2.30. The number of amides is 2. The third kappa shape index (κ3) is 4.82. The molecule has 1 aromatic heterocycles. The molecule has 0 atom stereocenters. The van der Waals surface area contributed by atoms with E-state index in [1.165, 1.54) is 19.3 Å². The molecule has 3 rings (SSSR count). The van der Waals surface area contributed by atoms with E-state index in [1.807, 2.05) is 30.3 Å². The van der Waals surface area contributed by atoms with Crippen LogP contribution in [0.25, 0.3) is 6.08 Å². The first-order valence-corrected chi connectivity index (χ1v) is 8.57. The monoisotopic (exact) mass is 374 g/mol. The molecule has 0 aliphatic rings. The average Bonchev–Trinajstić information content (AvgIpc) is 3.23. The van der Waals surface area contributed by atoms with Crippen LogP contribution in [0.3, 0.4) is 0 Å². The third-order valence-corrected chi connectivity index (χ3v) is 3.88. The zero-order valence-electron chi connectivity index (χ0n) is 15.1. The Morgan fingerprint density at radius 2 is 1.71 bits per heavy atom. The van der Waals surface area contributed by atoms with Gasteiger partial charge >= 0.3 is 0 Å². The van der Waals surface area contributed by atoms with Gasteiger partial charge in [-0.15, -0.1) is 0 Å². The smallest absolute Gasteiger partial charge is 0.291 e. The van der Waals surface area contributed by atoms with Gasteiger partial charge in [-0.2, -0.15) is 0 Å². The van der Waals surface area contributed by atoms with Crippen molar-refractivity contribution in [1.29, 1.82) is 0 Å². The number of anilines is 1. The highest BCUT2D eigenvalue weighted by atomic mass is 16.3. The molecule has 0 fully saturated rings. The highest BCUT2D eigenvalue weighted by molar-refractivity contribution is 6.10. The topological polar surface area (TPSA) is 88.4 Å². The molecule has 0 aliphatic heterocycles. The van der Waals surface area contributed by atoms with Crippen LogP contribution in [0, 0.1) is 0 Å². The largest absolute Gasteiger partial charge is 0.459 e. The molecule has 2 aromatic carbocycles. The molecule has 0 saturated heterocycles. The molecular weight excluding hydrogens is 356 g/mol. The normalized spacial score (nSPS) is 11.0. The molecule has 140 valence electrons. The maximum Gasteiger partial charge on any atom is 0.291 e. The Morgan fingerprint density at radius 1 is 0.929 bits per heavy atom. The number of ketones is 1. The minimum absolute atomic E-state index is 0.0424. The van der Waals surface area contributed by atoms with Gasteiger partial charge in [0.05, 0.1) is 6.26 Å². The Kier molecular flexibility index (Phi) is 5.81. The number of furan rings is 1. The Labute approximate surface area is 161 Å². The lowest BCUT2D eigenvalue weighted by molar-refractivity contribution is -0.113. The molecule has 3 aromatic rings. The number of hydrogen-bond acceptors (Lipinski definition) is 4. The first-order chi connectivity index (χ1) is 13.5. The number of nitrogens with one attached hydrogen (secondary N) is 2. The van der Waals surface area contributed by atoms with E-state index in [-0.39, 0.29) is 17.2 Å². The van der Waals surface area contributed by atoms with Crippen molar-refractivity contribution in [1.82, 2.24) is 5.32 Å². The predicted molar refractivity (Wildman–Crippen MR) is 106 cm³/mol. The zero-order valence-corrected chi connectivity index (χ0v) is 15.1. The van der Waals surface area contributed by atoms with Crippen molar-refractivity contribution < 1.29 is 18.8 Å². The molecular formula is C22H18N2O4. The molecule has 2 amide bonds. The van der Waals surface area contributed by atoms with Crippen molar-refractivity contribution in [2.75, 3.05) is 5.32 Å². The van der Waals surface area contributed by atoms with Gasteiger partial charge in [-0.05, 0) is 42.8 Å². The minimum Gasteiger partial charge on any atom is -0.459 e. The summed E-state index contributed by atoms with van der Waals surface area (Å²) in [6.45, 7) is 1.45. The van der Waals surface area contributed by atoms with Gasteiger partial charge in [0.25, 0.3) is 11.8 Å². The summed E-state index contributed by atoms with van der Waals surface area (Å²) in [6, 6.07) is 18.8. The van der Waals surface area contributed by atoms with Crippen molar-refractivity contribution in [3.05, 3.63) is 95.6 Å². The van der Waals surface area contributed by atoms with Crippen molar-refractivity contribution in [3.63, 3.8) is 0 Å². The second-order valence-electron chi connectivity index (χ2n) is 5.99. The average molecular weight is 374 g/mol. The maximum absolute atomic E-state index is 12.8. The lowest BCUT2D eigenvalue weighted by atomic mass is 10.1. The lowest BCUT2D eigenvalue weighted by Gasteiger charge is -2.11. The van der Waals surface area contributed by atoms with E-state index in [1.54, 1.807) is 36.4 Å². The fourth-order valence-electron chi connectivity index (χ4n) is 2.48. The Bertz CT molecular complexity index is 1020. The summed E-state index contributed by atoms with van der Waals surface area (Å²) in [5.74, 6) is -1.09. The van der Waals surface area contributed by atoms with E-state index in [9.17, 15) is 14.4 Å². The van der Waals surface area contributed by atoms with E-state index < -0.39 is 11.8 Å². The Morgan fingerprint density at radius 3 is 2.39 bits per heavy atom. The van der Waals surface area contributed by atoms with Crippen LogP contribution < -0.4 is 10.6 Å². The third-order valence-electron chi connectivity index (χ3n) is 3.88. The first-order valence-electron chi connectivity index (χ1n) is 8.57. The maximum atomic E-state index is 12.8. The van der Waals surface area contributed by atoms with Gasteiger partial charge in [0.15, 0.2) is 11.5 Å². The molecule has 2 N–H and O–H groups in total. The summed E-state index contributed by atoms with van der Waals surface area (Å²) in [5.41, 5.74) is 1.71. The van der Waals surface area contributed by atoms with Crippen LogP contribution >= 0.6 is 0 Å². The van der Waals surface area contributed by atoms with Crippen LogP contribution in [-0.2, 0) is 4.79 Å². The summed E-state index contributed by atoms with van der Waals surface area (Å²) >= 11 is 0. The molecule has 28 heavy (non-hydrogen) atoms. The highest BCUT2D eigenvalue weighted by Crippen LogP contribution is 2.14. The fourth-order valence-corrected chi connectivity index (χ4v) is 2.48. The number of rotatable bonds is 6. The summed E-state index contributed by atoms with van der Waals surface area (Å²) < 4.78 is 5.08. The summed E-state index contributed by atoms with van der Waals surface area (Å²) in [6.07, 6.45) is 2.94. The molecule has 0 unspecified atom stereocenters. The van der Waals surface area contributed by atoms with Crippen molar-refractivity contribution in [2.24, 2.45) is 0 Å². The summed E-state index contributed by atoms with van der Waals surface area (Å²) in [7, 11) is 0. The van der Waals surface area contributed by atoms with Crippen LogP contribution in [0.2, 0.25) is 0 Å². The van der Waals surface area contributed by atoms with Gasteiger partial charge in [0.2, 0.25) is 0 Å². The van der Waals surface area contributed by atoms with Crippen molar-refractivity contribution in [3.8, 4) is 0 Å². The zero-order chi connectivity index (χ0) is 19.9. The standard InChI is InChI=1S/C22H18N2O4/c1-15(25)17-9-5-10-18(14-17)23-21(26)19(13-16-7-3-2-4-8-16)24-22(27)20-11-6-12-28-20/h2-14H,1H3,(H,23,26)(H,24,27). The first kappa shape index (κ1) is 18.8. The highest BCUT2D eigenvalue weighted by Gasteiger charge is 2.17. The molecule has 1 heterocycles. The van der Waals surface area contributed by atoms with E-state index in [2.05, 4.69) is 10.6 Å². The van der Waals surface area contributed by atoms with E-state index >= 15 is 0 Å². The second-order valence-corrected chi connectivity index (χ2v) is 5.99. The molecule has 0 spiro atoms. The number of benzene rings is 2. The van der Waals surface area contributed by atoms with Crippen LogP contribution in [0.5, 0.6) is 0 Å². The molecule has 0 aliphatic carbocycles. The summed E-state index contributed by atoms with van der Waals surface area (Å²) in [5, 5.41) is 5.28. The van der Waals surface area contributed by atoms with Gasteiger partial charge < -0.3 is 15.1 Å². The van der Waals surface area contributed by atoms with Crippen LogP contribution in [0.15, 0.2) is 83.1 Å². The number of carbonyl (C=O) groups excluding carboxylic acids is 3. The van der Waals surface area contributed by atoms with Crippen molar-refractivity contribution in [2.45, 2.75) is 6.92 Å². The molecule has 0 saturated carbocycles. The second kappa shape index (κ2) is 8.64. The van der Waals surface area contributed by atoms with Crippen molar-refractivity contribution >= 4 is 29.4 Å². The van der Waals surface area contributed by atoms with E-state index in [0.717, 1.165) is 5.56 Å². The quantitative estimate of drug-likeness (QED) is 0.506. The molecule has 6 nitrogen and oxygen atoms in total. The molecule has 6 heteroatoms. The SMILES string of the molecule is CC(=O)c1cccc(NC(=O)C(=Cc2ccccc2)NC(=O)c2ccco2)c1. The predicted octanol–water partition coefficient (Wildman–Crippen LogP) is 3.89. The minimum atomic E-state index is -0.542. The summed E-state index contributed by atoms with van der Waals surface area (Å²) in [4.78, 5) is 36.7. The van der Waals surface area contributed by atoms with E-state index in [4.69, 9.17) is 4.42 Å². The Hall–Kier alpha value is -3.93. The van der Waals surface area contributed by atoms with Crippen LogP contribution in [-0.4, -0.2) is 17.6 Å². The van der Waals surface area contributed by atoms with E-state index in [0.29, 0.717) is 11.3 Å².